The van der Waals surface area contributed by atoms with Crippen LogP contribution in [0.3, 0.4) is 0 Å². The number of benzene rings is 2. The molecule has 4 rings (SSSR count). The van der Waals surface area contributed by atoms with Gasteiger partial charge in [-0.15, -0.1) is 0 Å². The second-order valence-corrected chi connectivity index (χ2v) is 9.07. The number of hydrogen-bond acceptors (Lipinski definition) is 3. The zero-order valence-corrected chi connectivity index (χ0v) is 19.9. The van der Waals surface area contributed by atoms with Gasteiger partial charge in [0.25, 0.3) is 5.91 Å². The Balaban J connectivity index is 1.51. The van der Waals surface area contributed by atoms with E-state index in [0.717, 1.165) is 21.9 Å². The first-order chi connectivity index (χ1) is 16.1. The third-order valence-electron chi connectivity index (χ3n) is 6.40. The summed E-state index contributed by atoms with van der Waals surface area (Å²) in [5, 5.41) is 3.04. The normalized spacial score (nSPS) is 17.9. The van der Waals surface area contributed by atoms with Crippen molar-refractivity contribution in [2.24, 2.45) is 0 Å². The Morgan fingerprint density at radius 2 is 1.76 bits per heavy atom. The van der Waals surface area contributed by atoms with Gasteiger partial charge in [-0.25, -0.2) is 9.18 Å². The molecule has 1 atom stereocenters. The fraction of sp³-hybridized carbons (Fsp3) is 0.269. The minimum atomic E-state index is -1.35. The van der Waals surface area contributed by atoms with Crippen molar-refractivity contribution >= 4 is 29.3 Å². The molecule has 2 aromatic carbocycles. The number of imide groups is 1. The first-order valence-corrected chi connectivity index (χ1v) is 11.3. The molecule has 6 nitrogen and oxygen atoms in total. The molecule has 0 spiro atoms. The molecule has 8 heteroatoms. The molecule has 34 heavy (non-hydrogen) atoms. The number of nitrogens with one attached hydrogen (secondary N) is 1. The van der Waals surface area contributed by atoms with E-state index in [1.165, 1.54) is 12.1 Å². The van der Waals surface area contributed by atoms with Gasteiger partial charge in [-0.1, -0.05) is 41.9 Å². The second kappa shape index (κ2) is 9.06. The summed E-state index contributed by atoms with van der Waals surface area (Å²) in [5.74, 6) is -1.13. The number of ketones is 1. The van der Waals surface area contributed by atoms with Crippen LogP contribution in [0.4, 0.5) is 9.18 Å². The molecule has 0 unspecified atom stereocenters. The molecule has 0 radical (unpaired) electrons. The maximum atomic E-state index is 13.2. The fourth-order valence-corrected chi connectivity index (χ4v) is 4.76. The van der Waals surface area contributed by atoms with Crippen LogP contribution in [0.5, 0.6) is 0 Å². The molecule has 1 aromatic heterocycles. The lowest BCUT2D eigenvalue weighted by Crippen LogP contribution is -2.41. The van der Waals surface area contributed by atoms with Crippen LogP contribution in [-0.4, -0.2) is 33.7 Å². The maximum Gasteiger partial charge on any atom is 0.325 e. The van der Waals surface area contributed by atoms with Crippen molar-refractivity contribution in [1.29, 1.82) is 0 Å². The zero-order chi connectivity index (χ0) is 24.6. The molecule has 0 saturated carbocycles. The van der Waals surface area contributed by atoms with Crippen molar-refractivity contribution < 1.29 is 18.8 Å². The highest BCUT2D eigenvalue weighted by molar-refractivity contribution is 6.32. The standard InChI is InChI=1S/C26H25ClFN3O3/c1-16-14-20(17(2)30(16)13-12-18-8-10-19(28)11-9-18)23(32)15-31-24(33)26(3,29-25(31)34)21-6-4-5-7-22(21)27/h4-11,14H,12-13,15H2,1-3H3,(H,29,34)/t26-/m0/s1. The number of Topliss-reactive ketones (excluding diaryl/α,β-unsaturated/α-hetero) is 1. The minimum Gasteiger partial charge on any atom is -0.348 e. The molecule has 1 N–H and O–H groups in total. The molecule has 1 saturated heterocycles. The van der Waals surface area contributed by atoms with E-state index in [1.54, 1.807) is 49.4 Å². The summed E-state index contributed by atoms with van der Waals surface area (Å²) >= 11 is 6.27. The Kier molecular flexibility index (Phi) is 6.32. The smallest absolute Gasteiger partial charge is 0.325 e. The van der Waals surface area contributed by atoms with Crippen molar-refractivity contribution in [3.63, 3.8) is 0 Å². The number of carbonyl (C=O) groups is 3. The molecule has 176 valence electrons. The maximum absolute atomic E-state index is 13.2. The zero-order valence-electron chi connectivity index (χ0n) is 19.2. The van der Waals surface area contributed by atoms with Gasteiger partial charge >= 0.3 is 6.03 Å². The van der Waals surface area contributed by atoms with Crippen LogP contribution in [0.15, 0.2) is 54.6 Å². The molecule has 1 aliphatic rings. The number of aromatic nitrogens is 1. The number of hydrogen-bond donors (Lipinski definition) is 1. The summed E-state index contributed by atoms with van der Waals surface area (Å²) in [6, 6.07) is 14.3. The molecule has 2 heterocycles. The van der Waals surface area contributed by atoms with Crippen LogP contribution in [0.25, 0.3) is 0 Å². The van der Waals surface area contributed by atoms with Crippen LogP contribution in [0.2, 0.25) is 5.02 Å². The van der Waals surface area contributed by atoms with Gasteiger partial charge in [0.1, 0.15) is 11.4 Å². The lowest BCUT2D eigenvalue weighted by Gasteiger charge is -2.23. The highest BCUT2D eigenvalue weighted by Gasteiger charge is 2.50. The van der Waals surface area contributed by atoms with E-state index in [4.69, 9.17) is 11.6 Å². The molecule has 1 fully saturated rings. The lowest BCUT2D eigenvalue weighted by molar-refractivity contribution is -0.130. The van der Waals surface area contributed by atoms with E-state index in [9.17, 15) is 18.8 Å². The summed E-state index contributed by atoms with van der Waals surface area (Å²) in [7, 11) is 0. The van der Waals surface area contributed by atoms with Gasteiger partial charge in [-0.05, 0) is 57.0 Å². The van der Waals surface area contributed by atoms with Crippen molar-refractivity contribution in [2.75, 3.05) is 6.54 Å². The largest absolute Gasteiger partial charge is 0.348 e. The predicted octanol–water partition coefficient (Wildman–Crippen LogP) is 4.79. The number of carbonyl (C=O) groups excluding carboxylic acids is 3. The average molecular weight is 482 g/mol. The summed E-state index contributed by atoms with van der Waals surface area (Å²) in [4.78, 5) is 39.9. The Morgan fingerprint density at radius 3 is 2.44 bits per heavy atom. The van der Waals surface area contributed by atoms with Gasteiger partial charge in [-0.3, -0.25) is 14.5 Å². The van der Waals surface area contributed by atoms with E-state index < -0.39 is 17.5 Å². The van der Waals surface area contributed by atoms with Crippen LogP contribution in [0, 0.1) is 19.7 Å². The number of aryl methyl sites for hydroxylation is 2. The van der Waals surface area contributed by atoms with E-state index in [-0.39, 0.29) is 18.1 Å². The third kappa shape index (κ3) is 4.23. The highest BCUT2D eigenvalue weighted by atomic mass is 35.5. The van der Waals surface area contributed by atoms with Crippen LogP contribution >= 0.6 is 11.6 Å². The number of urea groups is 1. The quantitative estimate of drug-likeness (QED) is 0.389. The van der Waals surface area contributed by atoms with Gasteiger partial charge in [0.15, 0.2) is 5.78 Å². The van der Waals surface area contributed by atoms with Crippen molar-refractivity contribution in [3.8, 4) is 0 Å². The lowest BCUT2D eigenvalue weighted by atomic mass is 9.92. The van der Waals surface area contributed by atoms with E-state index in [1.807, 2.05) is 18.4 Å². The Morgan fingerprint density at radius 1 is 1.09 bits per heavy atom. The van der Waals surface area contributed by atoms with Gasteiger partial charge in [0.05, 0.1) is 6.54 Å². The molecule has 0 aliphatic carbocycles. The molecular weight excluding hydrogens is 457 g/mol. The average Bonchev–Trinajstić information content (AvgIpc) is 3.20. The van der Waals surface area contributed by atoms with Crippen molar-refractivity contribution in [3.05, 3.63) is 93.5 Å². The highest BCUT2D eigenvalue weighted by Crippen LogP contribution is 2.33. The van der Waals surface area contributed by atoms with Crippen molar-refractivity contribution in [2.45, 2.75) is 39.3 Å². The van der Waals surface area contributed by atoms with Gasteiger partial charge < -0.3 is 9.88 Å². The number of amides is 3. The number of nitrogens with zero attached hydrogens (tertiary/aromatic N) is 2. The summed E-state index contributed by atoms with van der Waals surface area (Å²) in [5.41, 5.74) is 2.22. The molecule has 3 aromatic rings. The van der Waals surface area contributed by atoms with Gasteiger partial charge in [-0.2, -0.15) is 0 Å². The van der Waals surface area contributed by atoms with E-state index in [0.29, 0.717) is 29.1 Å². The van der Waals surface area contributed by atoms with E-state index in [2.05, 4.69) is 5.32 Å². The molecule has 1 aliphatic heterocycles. The number of halogens is 2. The monoisotopic (exact) mass is 481 g/mol. The molecule has 3 amide bonds. The van der Waals surface area contributed by atoms with Gasteiger partial charge in [0, 0.05) is 34.1 Å². The molecule has 0 bridgehead atoms. The van der Waals surface area contributed by atoms with Crippen LogP contribution in [0.1, 0.15) is 39.8 Å². The topological polar surface area (TPSA) is 71.4 Å². The summed E-state index contributed by atoms with van der Waals surface area (Å²) in [6.45, 7) is 5.57. The Labute approximate surface area is 202 Å². The Hall–Kier alpha value is -3.45. The van der Waals surface area contributed by atoms with Crippen LogP contribution < -0.4 is 5.32 Å². The minimum absolute atomic E-state index is 0.281. The number of rotatable bonds is 7. The summed E-state index contributed by atoms with van der Waals surface area (Å²) in [6.07, 6.45) is 0.674. The van der Waals surface area contributed by atoms with Crippen molar-refractivity contribution in [1.82, 2.24) is 14.8 Å². The third-order valence-corrected chi connectivity index (χ3v) is 6.73. The van der Waals surface area contributed by atoms with E-state index >= 15 is 0 Å². The predicted molar refractivity (Wildman–Crippen MR) is 127 cm³/mol. The molecular formula is C26H25ClFN3O3. The summed E-state index contributed by atoms with van der Waals surface area (Å²) < 4.78 is 15.2. The first kappa shape index (κ1) is 23.7. The second-order valence-electron chi connectivity index (χ2n) is 8.66. The SMILES string of the molecule is Cc1cc(C(=O)CN2C(=O)N[C@@](C)(c3ccccc3Cl)C2=O)c(C)n1CCc1ccc(F)cc1. The van der Waals surface area contributed by atoms with Crippen LogP contribution in [-0.2, 0) is 23.3 Å². The van der Waals surface area contributed by atoms with Gasteiger partial charge in [0.2, 0.25) is 0 Å². The Bertz CT molecular complexity index is 1280. The first-order valence-electron chi connectivity index (χ1n) is 11.0. The fourth-order valence-electron chi connectivity index (χ4n) is 4.44.